The Kier molecular flexibility index (Phi) is 1.91. The number of nitrogens with one attached hydrogen (secondary N) is 1. The van der Waals surface area contributed by atoms with Crippen molar-refractivity contribution < 1.29 is 4.79 Å². The second-order valence-corrected chi connectivity index (χ2v) is 3.44. The summed E-state index contributed by atoms with van der Waals surface area (Å²) >= 11 is 0. The Hall–Kier alpha value is -2.70. The minimum absolute atomic E-state index is 0.0960. The highest BCUT2D eigenvalue weighted by atomic mass is 16.2. The number of nitrogens with zero attached hydrogens (tertiary/aromatic N) is 4. The van der Waals surface area contributed by atoms with Crippen molar-refractivity contribution in [3.05, 3.63) is 36.7 Å². The number of rotatable bonds is 1. The first-order valence-electron chi connectivity index (χ1n) is 4.89. The fourth-order valence-electron chi connectivity index (χ4n) is 1.54. The monoisotopic (exact) mass is 228 g/mol. The zero-order valence-electron chi connectivity index (χ0n) is 8.66. The van der Waals surface area contributed by atoms with Crippen LogP contribution >= 0.6 is 0 Å². The highest BCUT2D eigenvalue weighted by Crippen LogP contribution is 2.14. The second kappa shape index (κ2) is 3.41. The number of aromatic amines is 1. The number of hydrogen-bond acceptors (Lipinski definition) is 5. The average molecular weight is 228 g/mol. The molecule has 3 aromatic heterocycles. The highest BCUT2D eigenvalue weighted by molar-refractivity contribution is 5.99. The summed E-state index contributed by atoms with van der Waals surface area (Å²) in [5.41, 5.74) is 6.98. The van der Waals surface area contributed by atoms with Crippen LogP contribution in [0.3, 0.4) is 0 Å². The van der Waals surface area contributed by atoms with Gasteiger partial charge in [-0.3, -0.25) is 9.36 Å². The van der Waals surface area contributed by atoms with Crippen LogP contribution in [0.4, 0.5) is 5.82 Å². The van der Waals surface area contributed by atoms with Crippen LogP contribution in [0.2, 0.25) is 0 Å². The first kappa shape index (κ1) is 9.52. The van der Waals surface area contributed by atoms with Crippen LogP contribution in [0.5, 0.6) is 0 Å². The third-order valence-corrected chi connectivity index (χ3v) is 2.35. The van der Waals surface area contributed by atoms with Gasteiger partial charge in [0, 0.05) is 18.6 Å². The molecule has 0 aliphatic rings. The lowest BCUT2D eigenvalue weighted by Crippen LogP contribution is -2.15. The fourth-order valence-corrected chi connectivity index (χ4v) is 1.54. The molecule has 0 spiro atoms. The minimum Gasteiger partial charge on any atom is -0.382 e. The van der Waals surface area contributed by atoms with Crippen LogP contribution in [0.25, 0.3) is 11.2 Å². The van der Waals surface area contributed by atoms with E-state index in [1.165, 1.54) is 23.3 Å². The molecule has 0 fully saturated rings. The van der Waals surface area contributed by atoms with Crippen LogP contribution in [0.1, 0.15) is 10.5 Å². The summed E-state index contributed by atoms with van der Waals surface area (Å²) in [7, 11) is 0. The predicted octanol–water partition coefficient (Wildman–Crippen LogP) is 0.425. The SMILES string of the molecule is Nc1nc2[nH]ccc2nc1C(=O)n1ccnc1. The van der Waals surface area contributed by atoms with Crippen molar-refractivity contribution >= 4 is 22.9 Å². The molecule has 0 aliphatic carbocycles. The molecule has 7 heteroatoms. The molecule has 0 atom stereocenters. The molecule has 0 amide bonds. The van der Waals surface area contributed by atoms with Crippen molar-refractivity contribution in [1.29, 1.82) is 0 Å². The fraction of sp³-hybridized carbons (Fsp3) is 0. The second-order valence-electron chi connectivity index (χ2n) is 3.44. The summed E-state index contributed by atoms with van der Waals surface area (Å²) < 4.78 is 1.30. The van der Waals surface area contributed by atoms with Gasteiger partial charge in [-0.2, -0.15) is 0 Å². The van der Waals surface area contributed by atoms with Gasteiger partial charge in [0.2, 0.25) is 0 Å². The standard InChI is InChI=1S/C10H8N6O/c11-8-7(10(17)16-4-3-12-5-16)14-6-1-2-13-9(6)15-8/h1-5H,(H3,11,13,15). The Bertz CT molecular complexity index is 684. The van der Waals surface area contributed by atoms with E-state index in [0.717, 1.165) is 0 Å². The Morgan fingerprint density at radius 2 is 2.29 bits per heavy atom. The molecule has 0 unspecified atom stereocenters. The van der Waals surface area contributed by atoms with Gasteiger partial charge >= 0.3 is 0 Å². The quantitative estimate of drug-likeness (QED) is 0.628. The van der Waals surface area contributed by atoms with Crippen molar-refractivity contribution in [1.82, 2.24) is 24.5 Å². The Morgan fingerprint density at radius 3 is 3.06 bits per heavy atom. The molecule has 3 rings (SSSR count). The van der Waals surface area contributed by atoms with Crippen molar-refractivity contribution in [2.75, 3.05) is 5.73 Å². The van der Waals surface area contributed by atoms with E-state index in [1.54, 1.807) is 12.3 Å². The molecule has 17 heavy (non-hydrogen) atoms. The molecule has 0 saturated carbocycles. The van der Waals surface area contributed by atoms with Crippen molar-refractivity contribution in [3.8, 4) is 0 Å². The summed E-state index contributed by atoms with van der Waals surface area (Å²) in [5.74, 6) is -0.255. The van der Waals surface area contributed by atoms with E-state index in [1.807, 2.05) is 0 Å². The first-order valence-corrected chi connectivity index (χ1v) is 4.89. The number of carbonyl (C=O) groups excluding carboxylic acids is 1. The van der Waals surface area contributed by atoms with Crippen molar-refractivity contribution in [2.24, 2.45) is 0 Å². The lowest BCUT2D eigenvalue weighted by molar-refractivity contribution is 0.0956. The van der Waals surface area contributed by atoms with Crippen LogP contribution in [-0.2, 0) is 0 Å². The van der Waals surface area contributed by atoms with E-state index in [9.17, 15) is 4.79 Å². The summed E-state index contributed by atoms with van der Waals surface area (Å²) in [6.45, 7) is 0. The molecule has 0 bridgehead atoms. The number of nitrogen functional groups attached to an aromatic ring is 1. The summed E-state index contributed by atoms with van der Waals surface area (Å²) in [6, 6.07) is 1.73. The zero-order chi connectivity index (χ0) is 11.8. The van der Waals surface area contributed by atoms with Gasteiger partial charge in [-0.25, -0.2) is 15.0 Å². The molecule has 3 aromatic rings. The number of aromatic nitrogens is 5. The van der Waals surface area contributed by atoms with Gasteiger partial charge in [0.25, 0.3) is 5.91 Å². The number of fused-ring (bicyclic) bond motifs is 1. The maximum atomic E-state index is 12.0. The number of carbonyl (C=O) groups is 1. The van der Waals surface area contributed by atoms with E-state index in [0.29, 0.717) is 11.2 Å². The smallest absolute Gasteiger partial charge is 0.285 e. The number of nitrogens with two attached hydrogens (primary N) is 1. The van der Waals surface area contributed by atoms with Gasteiger partial charge in [-0.15, -0.1) is 0 Å². The molecule has 84 valence electrons. The predicted molar refractivity (Wildman–Crippen MR) is 60.3 cm³/mol. The maximum Gasteiger partial charge on any atom is 0.285 e. The Balaban J connectivity index is 2.16. The van der Waals surface area contributed by atoms with Crippen LogP contribution < -0.4 is 5.73 Å². The molecule has 3 N–H and O–H groups in total. The van der Waals surface area contributed by atoms with E-state index >= 15 is 0 Å². The van der Waals surface area contributed by atoms with Crippen LogP contribution in [-0.4, -0.2) is 30.4 Å². The van der Waals surface area contributed by atoms with Crippen molar-refractivity contribution in [2.45, 2.75) is 0 Å². The van der Waals surface area contributed by atoms with E-state index in [2.05, 4.69) is 19.9 Å². The molecule has 0 saturated heterocycles. The molecular formula is C10H8N6O. The lowest BCUT2D eigenvalue weighted by Gasteiger charge is -2.03. The molecule has 3 heterocycles. The Morgan fingerprint density at radius 1 is 1.41 bits per heavy atom. The van der Waals surface area contributed by atoms with E-state index < -0.39 is 0 Å². The van der Waals surface area contributed by atoms with Crippen LogP contribution in [0.15, 0.2) is 31.0 Å². The van der Waals surface area contributed by atoms with Gasteiger partial charge in [0.1, 0.15) is 11.8 Å². The number of imidazole rings is 1. The van der Waals surface area contributed by atoms with E-state index in [-0.39, 0.29) is 17.4 Å². The zero-order valence-corrected chi connectivity index (χ0v) is 8.66. The van der Waals surface area contributed by atoms with Gasteiger partial charge in [0.15, 0.2) is 17.2 Å². The molecular weight excluding hydrogens is 220 g/mol. The van der Waals surface area contributed by atoms with Gasteiger partial charge < -0.3 is 10.7 Å². The first-order chi connectivity index (χ1) is 8.25. The third-order valence-electron chi connectivity index (χ3n) is 2.35. The Labute approximate surface area is 95.3 Å². The number of H-pyrrole nitrogens is 1. The third kappa shape index (κ3) is 1.44. The topological polar surface area (TPSA) is 102 Å². The molecule has 0 radical (unpaired) electrons. The largest absolute Gasteiger partial charge is 0.382 e. The van der Waals surface area contributed by atoms with Gasteiger partial charge in [-0.05, 0) is 6.07 Å². The number of anilines is 1. The van der Waals surface area contributed by atoms with Crippen molar-refractivity contribution in [3.63, 3.8) is 0 Å². The summed E-state index contributed by atoms with van der Waals surface area (Å²) in [6.07, 6.45) is 6.13. The normalized spacial score (nSPS) is 10.8. The molecule has 7 nitrogen and oxygen atoms in total. The highest BCUT2D eigenvalue weighted by Gasteiger charge is 2.16. The summed E-state index contributed by atoms with van der Waals surface area (Å²) in [4.78, 5) is 26.9. The molecule has 0 aromatic carbocycles. The lowest BCUT2D eigenvalue weighted by atomic mass is 10.3. The van der Waals surface area contributed by atoms with Crippen LogP contribution in [0, 0.1) is 0 Å². The number of hydrogen-bond donors (Lipinski definition) is 2. The molecule has 0 aliphatic heterocycles. The minimum atomic E-state index is -0.351. The van der Waals surface area contributed by atoms with Gasteiger partial charge in [0.05, 0.1) is 0 Å². The van der Waals surface area contributed by atoms with E-state index in [4.69, 9.17) is 5.73 Å². The summed E-state index contributed by atoms with van der Waals surface area (Å²) in [5, 5.41) is 0. The average Bonchev–Trinajstić information content (AvgIpc) is 2.97. The van der Waals surface area contributed by atoms with Gasteiger partial charge in [-0.1, -0.05) is 0 Å². The maximum absolute atomic E-state index is 12.0.